The average molecular weight is 831 g/mol. The van der Waals surface area contributed by atoms with Crippen molar-refractivity contribution in [2.75, 3.05) is 39.0 Å². The Morgan fingerprint density at radius 3 is 2.21 bits per heavy atom. The van der Waals surface area contributed by atoms with Crippen LogP contribution in [0.25, 0.3) is 0 Å². The van der Waals surface area contributed by atoms with Gasteiger partial charge < -0.3 is 30.9 Å². The first-order valence-corrected chi connectivity index (χ1v) is 20.9. The van der Waals surface area contributed by atoms with Gasteiger partial charge in [0.25, 0.3) is 0 Å². The summed E-state index contributed by atoms with van der Waals surface area (Å²) < 4.78 is 58.8. The molecular weight excluding hydrogens is 774 g/mol. The first-order chi connectivity index (χ1) is 25.8. The second kappa shape index (κ2) is 17.1. The fourth-order valence-corrected chi connectivity index (χ4v) is 9.51. The maximum absolute atomic E-state index is 14.4. The highest BCUT2D eigenvalue weighted by atomic mass is 35.5. The molecule has 1 aromatic rings. The van der Waals surface area contributed by atoms with Gasteiger partial charge in [0.15, 0.2) is 0 Å². The molecule has 314 valence electrons. The van der Waals surface area contributed by atoms with Crippen molar-refractivity contribution in [3.8, 4) is 0 Å². The minimum absolute atomic E-state index is 0.0115. The second-order valence-corrected chi connectivity index (χ2v) is 20.3. The fourth-order valence-electron chi connectivity index (χ4n) is 7.70. The number of rotatable bonds is 14. The number of carbonyl (C=O) groups excluding carboxylic acids is 5. The molecule has 1 saturated carbocycles. The third-order valence-corrected chi connectivity index (χ3v) is 13.6. The topological polar surface area (TPSA) is 183 Å². The monoisotopic (exact) mass is 830 g/mol. The first-order valence-electron chi connectivity index (χ1n) is 18.9. The highest BCUT2D eigenvalue weighted by Crippen LogP contribution is 2.65. The number of methoxy groups -OCH3 is 1. The maximum atomic E-state index is 14.4. The van der Waals surface area contributed by atoms with Crippen molar-refractivity contribution in [1.82, 2.24) is 30.5 Å². The van der Waals surface area contributed by atoms with Gasteiger partial charge in [0.05, 0.1) is 18.4 Å². The largest absolute Gasteiger partial charge is 0.465 e. The van der Waals surface area contributed by atoms with Crippen LogP contribution >= 0.6 is 11.6 Å². The SMILES string of the molecule is COC(=O)c1ccc(CCNC(=O)[C@H](CC(F)F)NC(=O)[C@@H]2C3C(CN2C(=O)[C@@H](NC(=O)N[C@H](CN2CCCS2(=O)=O)C(C)(C)C)C(C)(C)C)C3(C)C)c(Cl)c1. The molecule has 2 unspecified atom stereocenters. The summed E-state index contributed by atoms with van der Waals surface area (Å²) >= 11 is 6.30. The van der Waals surface area contributed by atoms with Gasteiger partial charge >= 0.3 is 12.0 Å². The average Bonchev–Trinajstić information content (AvgIpc) is 3.36. The Hall–Kier alpha value is -3.57. The van der Waals surface area contributed by atoms with Crippen LogP contribution in [0.1, 0.15) is 84.2 Å². The van der Waals surface area contributed by atoms with E-state index in [-0.39, 0.29) is 59.6 Å². The molecule has 0 aromatic heterocycles. The minimum atomic E-state index is -3.44. The molecule has 3 aliphatic rings. The Morgan fingerprint density at radius 1 is 1.02 bits per heavy atom. The number of amides is 5. The van der Waals surface area contributed by atoms with Crippen LogP contribution in [0.2, 0.25) is 5.02 Å². The van der Waals surface area contributed by atoms with E-state index >= 15 is 0 Å². The zero-order valence-corrected chi connectivity index (χ0v) is 35.2. The number of sulfonamides is 1. The van der Waals surface area contributed by atoms with Gasteiger partial charge in [-0.15, -0.1) is 0 Å². The van der Waals surface area contributed by atoms with Crippen LogP contribution < -0.4 is 21.3 Å². The third kappa shape index (κ3) is 10.5. The van der Waals surface area contributed by atoms with Crippen molar-refractivity contribution in [3.63, 3.8) is 0 Å². The number of piperidine rings is 1. The van der Waals surface area contributed by atoms with Crippen LogP contribution in [0, 0.1) is 28.1 Å². The van der Waals surface area contributed by atoms with Gasteiger partial charge in [0.1, 0.15) is 18.1 Å². The molecule has 56 heavy (non-hydrogen) atoms. The minimum Gasteiger partial charge on any atom is -0.465 e. The number of carbonyl (C=O) groups is 5. The summed E-state index contributed by atoms with van der Waals surface area (Å²) in [5, 5.41) is 11.0. The number of hydrogen-bond acceptors (Lipinski definition) is 8. The number of halogens is 3. The molecule has 1 aromatic carbocycles. The summed E-state index contributed by atoms with van der Waals surface area (Å²) in [6.07, 6.45) is -3.21. The lowest BCUT2D eigenvalue weighted by Gasteiger charge is -2.39. The first kappa shape index (κ1) is 45.1. The molecule has 14 nitrogen and oxygen atoms in total. The molecule has 3 fully saturated rings. The Kier molecular flexibility index (Phi) is 13.8. The normalized spacial score (nSPS) is 23.1. The summed E-state index contributed by atoms with van der Waals surface area (Å²) in [6, 6.07) is -0.621. The molecular formula is C38H57ClF2N6O8S. The van der Waals surface area contributed by atoms with Crippen molar-refractivity contribution in [2.24, 2.45) is 28.1 Å². The number of benzene rings is 1. The van der Waals surface area contributed by atoms with Gasteiger partial charge in [-0.2, -0.15) is 4.31 Å². The van der Waals surface area contributed by atoms with Gasteiger partial charge in [-0.1, -0.05) is 73.1 Å². The second-order valence-electron chi connectivity index (χ2n) is 17.8. The van der Waals surface area contributed by atoms with E-state index in [0.717, 1.165) is 0 Å². The van der Waals surface area contributed by atoms with Crippen LogP contribution in [0.5, 0.6) is 0 Å². The van der Waals surface area contributed by atoms with Gasteiger partial charge in [-0.3, -0.25) is 14.4 Å². The lowest BCUT2D eigenvalue weighted by Crippen LogP contribution is -2.62. The van der Waals surface area contributed by atoms with E-state index < -0.39 is 87.6 Å². The number of nitrogens with zero attached hydrogens (tertiary/aromatic N) is 2. The van der Waals surface area contributed by atoms with Gasteiger partial charge in [0, 0.05) is 43.7 Å². The highest BCUT2D eigenvalue weighted by Gasteiger charge is 2.70. The van der Waals surface area contributed by atoms with E-state index in [9.17, 15) is 41.2 Å². The highest BCUT2D eigenvalue weighted by molar-refractivity contribution is 7.89. The number of alkyl halides is 2. The van der Waals surface area contributed by atoms with Crippen LogP contribution in [0.15, 0.2) is 18.2 Å². The number of likely N-dealkylation sites (tertiary alicyclic amines) is 1. The molecule has 4 rings (SSSR count). The summed E-state index contributed by atoms with van der Waals surface area (Å²) in [7, 11) is -2.20. The molecule has 18 heteroatoms. The molecule has 2 aliphatic heterocycles. The number of urea groups is 1. The summed E-state index contributed by atoms with van der Waals surface area (Å²) in [6.45, 7) is 15.4. The Morgan fingerprint density at radius 2 is 1.68 bits per heavy atom. The Bertz CT molecular complexity index is 1780. The summed E-state index contributed by atoms with van der Waals surface area (Å²) in [5.74, 6) is -3.08. The molecule has 0 spiro atoms. The maximum Gasteiger partial charge on any atom is 0.337 e. The van der Waals surface area contributed by atoms with Crippen LogP contribution in [0.3, 0.4) is 0 Å². The lowest BCUT2D eigenvalue weighted by atomic mass is 9.85. The molecule has 0 bridgehead atoms. The van der Waals surface area contributed by atoms with Crippen molar-refractivity contribution in [3.05, 3.63) is 34.3 Å². The van der Waals surface area contributed by atoms with Gasteiger partial charge in [-0.25, -0.2) is 26.8 Å². The van der Waals surface area contributed by atoms with E-state index in [2.05, 4.69) is 21.3 Å². The molecule has 4 N–H and O–H groups in total. The van der Waals surface area contributed by atoms with Crippen molar-refractivity contribution < 1.29 is 45.9 Å². The zero-order valence-electron chi connectivity index (χ0n) is 33.6. The van der Waals surface area contributed by atoms with Crippen molar-refractivity contribution in [1.29, 1.82) is 0 Å². The van der Waals surface area contributed by atoms with E-state index in [0.29, 0.717) is 18.5 Å². The fraction of sp³-hybridized carbons (Fsp3) is 0.711. The molecule has 2 saturated heterocycles. The lowest BCUT2D eigenvalue weighted by molar-refractivity contribution is -0.144. The number of hydrogen-bond donors (Lipinski definition) is 4. The predicted molar refractivity (Wildman–Crippen MR) is 206 cm³/mol. The predicted octanol–water partition coefficient (Wildman–Crippen LogP) is 3.57. The number of esters is 1. The molecule has 0 radical (unpaired) electrons. The quantitative estimate of drug-likeness (QED) is 0.205. The van der Waals surface area contributed by atoms with Gasteiger partial charge in [-0.05, 0) is 58.6 Å². The van der Waals surface area contributed by atoms with Crippen molar-refractivity contribution >= 4 is 51.3 Å². The zero-order chi connectivity index (χ0) is 42.1. The summed E-state index contributed by atoms with van der Waals surface area (Å²) in [4.78, 5) is 68.5. The third-order valence-electron chi connectivity index (χ3n) is 11.3. The molecule has 5 amide bonds. The van der Waals surface area contributed by atoms with E-state index in [1.54, 1.807) is 26.8 Å². The standard InChI is InChI=1S/C38H57ClF2N6O8S/c1-36(2,3)26(20-46-15-10-16-56(46,53)54)44-35(52)45-30(37(4,5)6)33(50)47-19-23-28(38(23,7)8)29(47)32(49)43-25(18-27(40)41)31(48)42-14-13-21-11-12-22(17-24(21)39)34(51)55-9/h11-12,17,23,25-30H,10,13-16,18-20H2,1-9H3,(H,42,48)(H,43,49)(H2,44,45,52)/t23?,25-,26+,28?,29-,30+/m0/s1. The van der Waals surface area contributed by atoms with E-state index in [4.69, 9.17) is 16.3 Å². The Balaban J connectivity index is 1.48. The van der Waals surface area contributed by atoms with Crippen molar-refractivity contribution in [2.45, 2.75) is 105 Å². The number of fused-ring (bicyclic) bond motifs is 1. The van der Waals surface area contributed by atoms with Crippen LogP contribution in [-0.4, -0.2) is 117 Å². The molecule has 6 atom stereocenters. The van der Waals surface area contributed by atoms with Crippen LogP contribution in [0.4, 0.5) is 13.6 Å². The molecule has 2 heterocycles. The van der Waals surface area contributed by atoms with E-state index in [1.807, 2.05) is 34.6 Å². The number of ether oxygens (including phenoxy) is 1. The Labute approximate surface area is 333 Å². The smallest absolute Gasteiger partial charge is 0.337 e. The van der Waals surface area contributed by atoms with Gasteiger partial charge in [0.2, 0.25) is 34.2 Å². The number of nitrogens with one attached hydrogen (secondary N) is 4. The van der Waals surface area contributed by atoms with E-state index in [1.165, 1.54) is 28.4 Å². The summed E-state index contributed by atoms with van der Waals surface area (Å²) in [5.41, 5.74) is -0.929. The van der Waals surface area contributed by atoms with Crippen LogP contribution in [-0.2, 0) is 35.6 Å². The molecule has 1 aliphatic carbocycles.